The van der Waals surface area contributed by atoms with E-state index in [1.807, 2.05) is 4.57 Å². The molecule has 2 rings (SSSR count). The van der Waals surface area contributed by atoms with Gasteiger partial charge in [0.15, 0.2) is 5.16 Å². The van der Waals surface area contributed by atoms with Crippen LogP contribution < -0.4 is 4.90 Å². The molecule has 8 heteroatoms. The zero-order valence-electron chi connectivity index (χ0n) is 13.0. The van der Waals surface area contributed by atoms with Crippen molar-refractivity contribution >= 4 is 23.7 Å². The summed E-state index contributed by atoms with van der Waals surface area (Å²) < 4.78 is 2.04. The molecule has 0 bridgehead atoms. The molecule has 1 atom stereocenters. The van der Waals surface area contributed by atoms with Crippen molar-refractivity contribution in [3.05, 3.63) is 0 Å². The lowest BCUT2D eigenvalue weighted by Crippen LogP contribution is -2.51. The summed E-state index contributed by atoms with van der Waals surface area (Å²) in [6.07, 6.45) is 0. The van der Waals surface area contributed by atoms with Crippen LogP contribution in [-0.2, 0) is 4.79 Å². The first-order valence-electron chi connectivity index (χ1n) is 7.14. The molecule has 7 nitrogen and oxygen atoms in total. The number of hydrogen-bond donors (Lipinski definition) is 1. The van der Waals surface area contributed by atoms with E-state index < -0.39 is 5.97 Å². The predicted molar refractivity (Wildman–Crippen MR) is 83.1 cm³/mol. The standard InChI is InChI=1S/C13H23N5O2S/c1-9(2)18-12(14-15-13(18)21-8-11(19)20)17-6-5-16(4)7-10(17)3/h9-10H,5-8H2,1-4H3,(H,19,20). The summed E-state index contributed by atoms with van der Waals surface area (Å²) in [6.45, 7) is 9.21. The van der Waals surface area contributed by atoms with E-state index in [2.05, 4.69) is 47.8 Å². The number of carboxylic acids is 1. The second-order valence-corrected chi connectivity index (χ2v) is 6.68. The number of aliphatic carboxylic acids is 1. The molecular formula is C13H23N5O2S. The second kappa shape index (κ2) is 6.65. The van der Waals surface area contributed by atoms with E-state index in [0.29, 0.717) is 11.2 Å². The Bertz CT molecular complexity index is 505. The highest BCUT2D eigenvalue weighted by Crippen LogP contribution is 2.28. The Morgan fingerprint density at radius 3 is 2.71 bits per heavy atom. The molecule has 0 saturated carbocycles. The average molecular weight is 313 g/mol. The van der Waals surface area contributed by atoms with Crippen LogP contribution in [0.15, 0.2) is 5.16 Å². The average Bonchev–Trinajstić information content (AvgIpc) is 2.80. The first-order valence-corrected chi connectivity index (χ1v) is 8.13. The number of nitrogens with zero attached hydrogens (tertiary/aromatic N) is 5. The third-order valence-electron chi connectivity index (χ3n) is 3.58. The molecule has 1 aromatic rings. The van der Waals surface area contributed by atoms with E-state index in [1.54, 1.807) is 0 Å². The number of rotatable bonds is 5. The van der Waals surface area contributed by atoms with E-state index >= 15 is 0 Å². The molecule has 0 spiro atoms. The summed E-state index contributed by atoms with van der Waals surface area (Å²) in [5.41, 5.74) is 0. The van der Waals surface area contributed by atoms with Gasteiger partial charge >= 0.3 is 5.97 Å². The third kappa shape index (κ3) is 3.68. The van der Waals surface area contributed by atoms with E-state index in [9.17, 15) is 4.79 Å². The van der Waals surface area contributed by atoms with Crippen molar-refractivity contribution in [2.24, 2.45) is 0 Å². The number of anilines is 1. The van der Waals surface area contributed by atoms with Crippen molar-refractivity contribution in [1.29, 1.82) is 0 Å². The van der Waals surface area contributed by atoms with Gasteiger partial charge in [-0.05, 0) is 27.8 Å². The van der Waals surface area contributed by atoms with Gasteiger partial charge in [-0.1, -0.05) is 11.8 Å². The van der Waals surface area contributed by atoms with Crippen molar-refractivity contribution < 1.29 is 9.90 Å². The smallest absolute Gasteiger partial charge is 0.313 e. The van der Waals surface area contributed by atoms with E-state index in [0.717, 1.165) is 25.6 Å². The van der Waals surface area contributed by atoms with Crippen LogP contribution in [0.4, 0.5) is 5.95 Å². The van der Waals surface area contributed by atoms with Gasteiger partial charge < -0.3 is 14.9 Å². The minimum atomic E-state index is -0.840. The van der Waals surface area contributed by atoms with Gasteiger partial charge in [-0.2, -0.15) is 0 Å². The molecule has 21 heavy (non-hydrogen) atoms. The highest BCUT2D eigenvalue weighted by Gasteiger charge is 2.28. The lowest BCUT2D eigenvalue weighted by Gasteiger charge is -2.39. The summed E-state index contributed by atoms with van der Waals surface area (Å²) in [5.74, 6) is 0.00896. The number of hydrogen-bond acceptors (Lipinski definition) is 6. The van der Waals surface area contributed by atoms with Crippen LogP contribution in [0.5, 0.6) is 0 Å². The Balaban J connectivity index is 2.25. The van der Waals surface area contributed by atoms with Crippen molar-refractivity contribution in [2.75, 3.05) is 37.3 Å². The Labute approximate surface area is 129 Å². The van der Waals surface area contributed by atoms with Gasteiger partial charge in [0.05, 0.1) is 5.75 Å². The van der Waals surface area contributed by atoms with Crippen molar-refractivity contribution in [3.8, 4) is 0 Å². The number of aromatic nitrogens is 3. The Morgan fingerprint density at radius 2 is 2.14 bits per heavy atom. The summed E-state index contributed by atoms with van der Waals surface area (Å²) in [7, 11) is 2.12. The van der Waals surface area contributed by atoms with Crippen molar-refractivity contribution in [3.63, 3.8) is 0 Å². The number of piperazine rings is 1. The number of carbonyl (C=O) groups is 1. The Hall–Kier alpha value is -1.28. The lowest BCUT2D eigenvalue weighted by molar-refractivity contribution is -0.133. The molecule has 0 amide bonds. The van der Waals surface area contributed by atoms with Gasteiger partial charge in [-0.25, -0.2) is 0 Å². The molecule has 1 aromatic heterocycles. The maximum Gasteiger partial charge on any atom is 0.313 e. The fraction of sp³-hybridized carbons (Fsp3) is 0.769. The minimum absolute atomic E-state index is 0.00312. The molecule has 1 fully saturated rings. The molecule has 1 unspecified atom stereocenters. The van der Waals surface area contributed by atoms with Crippen molar-refractivity contribution in [1.82, 2.24) is 19.7 Å². The highest BCUT2D eigenvalue weighted by atomic mass is 32.2. The first kappa shape index (κ1) is 16.1. The van der Waals surface area contributed by atoms with Crippen LogP contribution in [0.3, 0.4) is 0 Å². The van der Waals surface area contributed by atoms with Gasteiger partial charge in [-0.15, -0.1) is 10.2 Å². The normalized spacial score (nSPS) is 20.2. The monoisotopic (exact) mass is 313 g/mol. The maximum absolute atomic E-state index is 10.8. The van der Waals surface area contributed by atoms with Gasteiger partial charge in [-0.3, -0.25) is 9.36 Å². The van der Waals surface area contributed by atoms with Crippen molar-refractivity contribution in [2.45, 2.75) is 38.0 Å². The predicted octanol–water partition coefficient (Wildman–Crippen LogP) is 1.18. The minimum Gasteiger partial charge on any atom is -0.481 e. The lowest BCUT2D eigenvalue weighted by atomic mass is 10.2. The van der Waals surface area contributed by atoms with E-state index in [-0.39, 0.29) is 11.8 Å². The largest absolute Gasteiger partial charge is 0.481 e. The fourth-order valence-electron chi connectivity index (χ4n) is 2.58. The van der Waals surface area contributed by atoms with Gasteiger partial charge in [0.1, 0.15) is 0 Å². The third-order valence-corrected chi connectivity index (χ3v) is 4.50. The van der Waals surface area contributed by atoms with Crippen LogP contribution in [0.25, 0.3) is 0 Å². The molecule has 1 aliphatic rings. The van der Waals surface area contributed by atoms with Crippen LogP contribution in [0.2, 0.25) is 0 Å². The fourth-order valence-corrected chi connectivity index (χ4v) is 3.36. The quantitative estimate of drug-likeness (QED) is 0.818. The Kier molecular flexibility index (Phi) is 5.10. The molecule has 1 N–H and O–H groups in total. The number of likely N-dealkylation sites (N-methyl/N-ethyl adjacent to an activating group) is 1. The van der Waals surface area contributed by atoms with Crippen LogP contribution in [0.1, 0.15) is 26.8 Å². The second-order valence-electron chi connectivity index (χ2n) is 5.73. The molecule has 0 radical (unpaired) electrons. The van der Waals surface area contributed by atoms with Crippen LogP contribution in [-0.4, -0.2) is 69.2 Å². The summed E-state index contributed by atoms with van der Waals surface area (Å²) in [4.78, 5) is 15.3. The summed E-state index contributed by atoms with van der Waals surface area (Å²) in [5, 5.41) is 18.0. The Morgan fingerprint density at radius 1 is 1.43 bits per heavy atom. The molecule has 1 saturated heterocycles. The van der Waals surface area contributed by atoms with Gasteiger partial charge in [0, 0.05) is 31.7 Å². The molecular weight excluding hydrogens is 290 g/mol. The zero-order valence-corrected chi connectivity index (χ0v) is 13.8. The zero-order chi connectivity index (χ0) is 15.6. The topological polar surface area (TPSA) is 74.5 Å². The maximum atomic E-state index is 10.8. The van der Waals surface area contributed by atoms with Gasteiger partial charge in [0.2, 0.25) is 5.95 Å². The number of carboxylic acid groups (broad SMARTS) is 1. The molecule has 0 aliphatic carbocycles. The SMILES string of the molecule is CC1CN(C)CCN1c1nnc(SCC(=O)O)n1C(C)C. The van der Waals surface area contributed by atoms with Crippen LogP contribution >= 0.6 is 11.8 Å². The summed E-state index contributed by atoms with van der Waals surface area (Å²) in [6, 6.07) is 0.556. The molecule has 1 aliphatic heterocycles. The first-order chi connectivity index (χ1) is 9.90. The van der Waals surface area contributed by atoms with E-state index in [1.165, 1.54) is 11.8 Å². The number of thioether (sulfide) groups is 1. The summed E-state index contributed by atoms with van der Waals surface area (Å²) >= 11 is 1.22. The molecule has 118 valence electrons. The van der Waals surface area contributed by atoms with Crippen LogP contribution in [0, 0.1) is 0 Å². The molecule has 2 heterocycles. The van der Waals surface area contributed by atoms with Gasteiger partial charge in [0.25, 0.3) is 0 Å². The highest BCUT2D eigenvalue weighted by molar-refractivity contribution is 7.99. The van der Waals surface area contributed by atoms with E-state index in [4.69, 9.17) is 5.11 Å². The molecule has 0 aromatic carbocycles.